The van der Waals surface area contributed by atoms with Crippen LogP contribution >= 0.6 is 0 Å². The topological polar surface area (TPSA) is 96.2 Å². The third kappa shape index (κ3) is 2.41. The summed E-state index contributed by atoms with van der Waals surface area (Å²) in [6, 6.07) is 0.569. The summed E-state index contributed by atoms with van der Waals surface area (Å²) in [6.45, 7) is 0. The Morgan fingerprint density at radius 2 is 2.38 bits per heavy atom. The van der Waals surface area contributed by atoms with E-state index < -0.39 is 12.0 Å². The van der Waals surface area contributed by atoms with Crippen LogP contribution in [-0.2, 0) is 4.79 Å². The van der Waals surface area contributed by atoms with Crippen LogP contribution < -0.4 is 11.2 Å². The van der Waals surface area contributed by atoms with Gasteiger partial charge in [-0.2, -0.15) is 0 Å². The fourth-order valence-electron chi connectivity index (χ4n) is 1.02. The Morgan fingerprint density at radius 1 is 1.69 bits per heavy atom. The molecule has 0 fully saturated rings. The Labute approximate surface area is 74.2 Å². The molecular formula is C8H10N2O3. The summed E-state index contributed by atoms with van der Waals surface area (Å²) in [5.41, 5.74) is 5.55. The average molecular weight is 182 g/mol. The number of nitrogens with one attached hydrogen (secondary N) is 1. The standard InChI is InChI=1S/C8H10N2O3/c9-6(3-8(12)13)5-4-10-2-1-7(5)11/h1-2,4,6H,3,9H2,(H,10,11)(H,12,13). The van der Waals surface area contributed by atoms with E-state index in [0.717, 1.165) is 0 Å². The van der Waals surface area contributed by atoms with Crippen molar-refractivity contribution < 1.29 is 9.90 Å². The molecule has 1 rings (SSSR count). The molecule has 0 aliphatic heterocycles. The number of carboxylic acids is 1. The maximum atomic E-state index is 11.1. The summed E-state index contributed by atoms with van der Waals surface area (Å²) in [5, 5.41) is 8.44. The molecule has 5 nitrogen and oxygen atoms in total. The second kappa shape index (κ2) is 3.86. The molecule has 0 saturated carbocycles. The first-order chi connectivity index (χ1) is 6.11. The fourth-order valence-corrected chi connectivity index (χ4v) is 1.02. The molecule has 0 aliphatic carbocycles. The van der Waals surface area contributed by atoms with Crippen molar-refractivity contribution in [3.63, 3.8) is 0 Å². The van der Waals surface area contributed by atoms with Crippen LogP contribution in [0.2, 0.25) is 0 Å². The van der Waals surface area contributed by atoms with Gasteiger partial charge in [0.1, 0.15) is 0 Å². The highest BCUT2D eigenvalue weighted by Crippen LogP contribution is 2.07. The SMILES string of the molecule is NC(CC(=O)O)c1c[nH]ccc1=O. The number of nitrogens with two attached hydrogens (primary N) is 1. The van der Waals surface area contributed by atoms with E-state index >= 15 is 0 Å². The number of hydrogen-bond donors (Lipinski definition) is 3. The summed E-state index contributed by atoms with van der Waals surface area (Å²) < 4.78 is 0. The number of carboxylic acid groups (broad SMARTS) is 1. The quantitative estimate of drug-likeness (QED) is 0.605. The minimum atomic E-state index is -1.02. The molecule has 0 saturated heterocycles. The molecule has 13 heavy (non-hydrogen) atoms. The second-order valence-electron chi connectivity index (χ2n) is 2.67. The molecule has 0 bridgehead atoms. The lowest BCUT2D eigenvalue weighted by atomic mass is 10.1. The molecule has 0 aliphatic rings. The van der Waals surface area contributed by atoms with Gasteiger partial charge in [0, 0.05) is 30.1 Å². The van der Waals surface area contributed by atoms with Gasteiger partial charge in [-0.15, -0.1) is 0 Å². The zero-order valence-corrected chi connectivity index (χ0v) is 6.86. The number of aliphatic carboxylic acids is 1. The predicted octanol–water partition coefficient (Wildman–Crippen LogP) is -0.151. The molecule has 0 spiro atoms. The maximum absolute atomic E-state index is 11.1. The minimum absolute atomic E-state index is 0.243. The molecule has 5 heteroatoms. The van der Waals surface area contributed by atoms with Crippen LogP contribution in [0.15, 0.2) is 23.3 Å². The van der Waals surface area contributed by atoms with E-state index in [1.807, 2.05) is 0 Å². The van der Waals surface area contributed by atoms with Crippen molar-refractivity contribution in [2.45, 2.75) is 12.5 Å². The molecule has 1 heterocycles. The van der Waals surface area contributed by atoms with E-state index in [-0.39, 0.29) is 11.8 Å². The molecule has 4 N–H and O–H groups in total. The van der Waals surface area contributed by atoms with Gasteiger partial charge < -0.3 is 15.8 Å². The highest BCUT2D eigenvalue weighted by molar-refractivity contribution is 5.67. The van der Waals surface area contributed by atoms with Crippen LogP contribution in [0, 0.1) is 0 Å². The largest absolute Gasteiger partial charge is 0.481 e. The van der Waals surface area contributed by atoms with E-state index in [2.05, 4.69) is 4.98 Å². The normalized spacial score (nSPS) is 12.4. The van der Waals surface area contributed by atoms with Gasteiger partial charge in [-0.1, -0.05) is 0 Å². The van der Waals surface area contributed by atoms with Gasteiger partial charge in [-0.3, -0.25) is 9.59 Å². The smallest absolute Gasteiger partial charge is 0.305 e. The van der Waals surface area contributed by atoms with Crippen molar-refractivity contribution in [3.05, 3.63) is 34.2 Å². The van der Waals surface area contributed by atoms with Crippen LogP contribution in [-0.4, -0.2) is 16.1 Å². The average Bonchev–Trinajstić information content (AvgIpc) is 2.03. The van der Waals surface area contributed by atoms with Gasteiger partial charge in [-0.25, -0.2) is 0 Å². The lowest BCUT2D eigenvalue weighted by molar-refractivity contribution is -0.137. The number of rotatable bonds is 3. The third-order valence-electron chi connectivity index (χ3n) is 1.65. The van der Waals surface area contributed by atoms with Crippen molar-refractivity contribution in [1.82, 2.24) is 4.98 Å². The summed E-state index contributed by atoms with van der Waals surface area (Å²) in [4.78, 5) is 24.1. The molecule has 1 atom stereocenters. The third-order valence-corrected chi connectivity index (χ3v) is 1.65. The van der Waals surface area contributed by atoms with Crippen molar-refractivity contribution in [2.75, 3.05) is 0 Å². The Bertz CT molecular complexity index is 358. The van der Waals surface area contributed by atoms with Crippen molar-refractivity contribution in [2.24, 2.45) is 5.73 Å². The van der Waals surface area contributed by atoms with Gasteiger partial charge in [0.25, 0.3) is 0 Å². The first-order valence-electron chi connectivity index (χ1n) is 3.75. The number of pyridine rings is 1. The number of hydrogen-bond acceptors (Lipinski definition) is 3. The summed E-state index contributed by atoms with van der Waals surface area (Å²) in [6.07, 6.45) is 2.66. The Kier molecular flexibility index (Phi) is 2.81. The Morgan fingerprint density at radius 3 is 2.92 bits per heavy atom. The first kappa shape index (κ1) is 9.47. The van der Waals surface area contributed by atoms with E-state index in [0.29, 0.717) is 5.56 Å². The zero-order chi connectivity index (χ0) is 9.84. The van der Waals surface area contributed by atoms with Crippen LogP contribution in [0.25, 0.3) is 0 Å². The Hall–Kier alpha value is -1.62. The zero-order valence-electron chi connectivity index (χ0n) is 6.86. The van der Waals surface area contributed by atoms with E-state index in [9.17, 15) is 9.59 Å². The predicted molar refractivity (Wildman–Crippen MR) is 46.2 cm³/mol. The summed E-state index contributed by atoms with van der Waals surface area (Å²) in [5.74, 6) is -1.02. The van der Waals surface area contributed by atoms with Crippen molar-refractivity contribution >= 4 is 5.97 Å². The monoisotopic (exact) mass is 182 g/mol. The highest BCUT2D eigenvalue weighted by atomic mass is 16.4. The maximum Gasteiger partial charge on any atom is 0.305 e. The van der Waals surface area contributed by atoms with Crippen molar-refractivity contribution in [3.8, 4) is 0 Å². The molecule has 0 aromatic carbocycles. The number of H-pyrrole nitrogens is 1. The lowest BCUT2D eigenvalue weighted by Gasteiger charge is -2.06. The molecular weight excluding hydrogens is 172 g/mol. The second-order valence-corrected chi connectivity index (χ2v) is 2.67. The summed E-state index contributed by atoms with van der Waals surface area (Å²) >= 11 is 0. The van der Waals surface area contributed by atoms with Gasteiger partial charge in [0.15, 0.2) is 5.43 Å². The number of aromatic amines is 1. The summed E-state index contributed by atoms with van der Waals surface area (Å²) in [7, 11) is 0. The van der Waals surface area contributed by atoms with E-state index in [1.54, 1.807) is 0 Å². The van der Waals surface area contributed by atoms with Crippen LogP contribution in [0.4, 0.5) is 0 Å². The van der Waals surface area contributed by atoms with E-state index in [4.69, 9.17) is 10.8 Å². The molecule has 1 aromatic heterocycles. The van der Waals surface area contributed by atoms with Crippen LogP contribution in [0.1, 0.15) is 18.0 Å². The van der Waals surface area contributed by atoms with Crippen molar-refractivity contribution in [1.29, 1.82) is 0 Å². The molecule has 1 unspecified atom stereocenters. The highest BCUT2D eigenvalue weighted by Gasteiger charge is 2.12. The Balaban J connectivity index is 2.89. The van der Waals surface area contributed by atoms with Gasteiger partial charge >= 0.3 is 5.97 Å². The minimum Gasteiger partial charge on any atom is -0.481 e. The van der Waals surface area contributed by atoms with Crippen LogP contribution in [0.5, 0.6) is 0 Å². The lowest BCUT2D eigenvalue weighted by Crippen LogP contribution is -2.22. The van der Waals surface area contributed by atoms with Gasteiger partial charge in [0.05, 0.1) is 6.42 Å². The van der Waals surface area contributed by atoms with Gasteiger partial charge in [0.2, 0.25) is 0 Å². The number of aromatic nitrogens is 1. The van der Waals surface area contributed by atoms with Gasteiger partial charge in [-0.05, 0) is 0 Å². The number of carbonyl (C=O) groups is 1. The molecule has 1 aromatic rings. The molecule has 0 amide bonds. The molecule has 70 valence electrons. The van der Waals surface area contributed by atoms with E-state index in [1.165, 1.54) is 18.5 Å². The van der Waals surface area contributed by atoms with Crippen LogP contribution in [0.3, 0.4) is 0 Å². The fraction of sp³-hybridized carbons (Fsp3) is 0.250. The first-order valence-corrected chi connectivity index (χ1v) is 3.75. The molecule has 0 radical (unpaired) electrons.